The number of rotatable bonds is 8. The molecule has 1 saturated heterocycles. The summed E-state index contributed by atoms with van der Waals surface area (Å²) in [6, 6.07) is 14.9. The summed E-state index contributed by atoms with van der Waals surface area (Å²) < 4.78 is 32.4. The molecule has 4 rings (SSSR count). The maximum atomic E-state index is 13.4. The summed E-state index contributed by atoms with van der Waals surface area (Å²) in [5.74, 6) is -3.46. The molecule has 2 aromatic carbocycles. The Bertz CT molecular complexity index is 1280. The Morgan fingerprint density at radius 1 is 1.05 bits per heavy atom. The molecule has 37 heavy (non-hydrogen) atoms. The minimum Gasteiger partial charge on any atom is -0.501 e. The molecule has 4 radical (unpaired) electrons. The third-order valence-corrected chi connectivity index (χ3v) is 6.07. The third-order valence-electron chi connectivity index (χ3n) is 6.07. The van der Waals surface area contributed by atoms with Crippen LogP contribution in [0.3, 0.4) is 0 Å². The maximum absolute atomic E-state index is 13.4. The molecular formula is C26H24B2F2N4O3. The largest absolute Gasteiger partial charge is 0.501 e. The van der Waals surface area contributed by atoms with Gasteiger partial charge in [-0.2, -0.15) is 0 Å². The van der Waals surface area contributed by atoms with Gasteiger partial charge in [0, 0.05) is 55.3 Å². The summed E-state index contributed by atoms with van der Waals surface area (Å²) in [5.41, 5.74) is 7.57. The molecule has 11 heteroatoms. The molecule has 0 aliphatic carbocycles. The first-order valence-electron chi connectivity index (χ1n) is 11.6. The van der Waals surface area contributed by atoms with Gasteiger partial charge < -0.3 is 15.8 Å². The number of benzene rings is 2. The van der Waals surface area contributed by atoms with E-state index in [1.54, 1.807) is 36.4 Å². The first-order valence-corrected chi connectivity index (χ1v) is 11.6. The smallest absolute Gasteiger partial charge is 0.255 e. The number of halogens is 2. The minimum atomic E-state index is -2.58. The van der Waals surface area contributed by atoms with Crippen LogP contribution in [0.15, 0.2) is 67.0 Å². The average Bonchev–Trinajstić information content (AvgIpc) is 2.86. The standard InChI is InChI=1S/C26H24B2F2N4O3/c27-26(28,37-22-12-19(23(31)35)14-32-15-22)20-2-1-3-21(13-20)33-24(36)18-6-4-17(5-7-18)16-34-10-8-25(29,30)9-11-34/h1-7,12-15H,8-11,16H2,(H2,31,35)(H,33,36). The van der Waals surface area contributed by atoms with E-state index in [1.807, 2.05) is 17.0 Å². The van der Waals surface area contributed by atoms with Gasteiger partial charge in [0.1, 0.15) is 21.4 Å². The zero-order valence-electron chi connectivity index (χ0n) is 20.0. The molecule has 3 aromatic rings. The summed E-state index contributed by atoms with van der Waals surface area (Å²) in [6.07, 6.45) is 2.36. The highest BCUT2D eigenvalue weighted by Gasteiger charge is 2.33. The van der Waals surface area contributed by atoms with E-state index in [-0.39, 0.29) is 30.1 Å². The number of alkyl halides is 2. The number of likely N-dealkylation sites (tertiary alicyclic amines) is 1. The summed E-state index contributed by atoms with van der Waals surface area (Å²) in [5, 5.41) is 1.00. The molecule has 1 aliphatic rings. The Morgan fingerprint density at radius 2 is 1.76 bits per heavy atom. The number of carbonyl (C=O) groups excluding carboxylic acids is 2. The summed E-state index contributed by atoms with van der Waals surface area (Å²) in [4.78, 5) is 30.0. The molecule has 2 amide bonds. The Morgan fingerprint density at radius 3 is 2.43 bits per heavy atom. The summed E-state index contributed by atoms with van der Waals surface area (Å²) >= 11 is 0. The molecule has 1 aromatic heterocycles. The van der Waals surface area contributed by atoms with Gasteiger partial charge in [-0.15, -0.1) is 0 Å². The van der Waals surface area contributed by atoms with E-state index in [4.69, 9.17) is 26.2 Å². The number of nitrogens with zero attached hydrogens (tertiary/aromatic N) is 2. The lowest BCUT2D eigenvalue weighted by Crippen LogP contribution is -2.38. The molecule has 1 aliphatic heterocycles. The molecular weight excluding hydrogens is 476 g/mol. The number of aromatic nitrogens is 1. The lowest BCUT2D eigenvalue weighted by Gasteiger charge is -2.31. The van der Waals surface area contributed by atoms with Crippen LogP contribution >= 0.6 is 0 Å². The van der Waals surface area contributed by atoms with Crippen molar-refractivity contribution >= 4 is 33.2 Å². The molecule has 1 fully saturated rings. The van der Waals surface area contributed by atoms with E-state index in [1.165, 1.54) is 18.5 Å². The molecule has 3 N–H and O–H groups in total. The fourth-order valence-corrected chi connectivity index (χ4v) is 3.96. The maximum Gasteiger partial charge on any atom is 0.255 e. The Balaban J connectivity index is 1.39. The number of anilines is 1. The molecule has 0 unspecified atom stereocenters. The van der Waals surface area contributed by atoms with Crippen molar-refractivity contribution in [1.82, 2.24) is 9.88 Å². The number of nitrogens with two attached hydrogens (primary N) is 1. The predicted molar refractivity (Wildman–Crippen MR) is 137 cm³/mol. The van der Waals surface area contributed by atoms with Gasteiger partial charge in [0.05, 0.1) is 11.8 Å². The summed E-state index contributed by atoms with van der Waals surface area (Å²) in [7, 11) is 12.3. The second-order valence-corrected chi connectivity index (χ2v) is 9.03. The fourth-order valence-electron chi connectivity index (χ4n) is 3.96. The van der Waals surface area contributed by atoms with Gasteiger partial charge in [-0.1, -0.05) is 24.3 Å². The number of hydrogen-bond donors (Lipinski definition) is 2. The Labute approximate surface area is 216 Å². The molecule has 0 saturated carbocycles. The van der Waals surface area contributed by atoms with Crippen LogP contribution in [0.4, 0.5) is 14.5 Å². The quantitative estimate of drug-likeness (QED) is 0.464. The first-order chi connectivity index (χ1) is 17.5. The van der Waals surface area contributed by atoms with Gasteiger partial charge in [-0.25, -0.2) is 8.78 Å². The van der Waals surface area contributed by atoms with Crippen molar-refractivity contribution in [3.8, 4) is 5.75 Å². The van der Waals surface area contributed by atoms with E-state index in [9.17, 15) is 18.4 Å². The Kier molecular flexibility index (Phi) is 7.63. The van der Waals surface area contributed by atoms with Gasteiger partial charge >= 0.3 is 0 Å². The van der Waals surface area contributed by atoms with Crippen LogP contribution in [-0.4, -0.2) is 56.4 Å². The van der Waals surface area contributed by atoms with Crippen molar-refractivity contribution in [3.63, 3.8) is 0 Å². The summed E-state index contributed by atoms with van der Waals surface area (Å²) in [6.45, 7) is 1.23. The number of amides is 2. The van der Waals surface area contributed by atoms with Crippen LogP contribution in [0.2, 0.25) is 0 Å². The highest BCUT2D eigenvalue weighted by Crippen LogP contribution is 2.29. The predicted octanol–water partition coefficient (Wildman–Crippen LogP) is 3.19. The highest BCUT2D eigenvalue weighted by molar-refractivity contribution is 6.39. The number of carbonyl (C=O) groups is 2. The van der Waals surface area contributed by atoms with Gasteiger partial charge in [-0.05, 0) is 41.5 Å². The normalized spacial score (nSPS) is 15.6. The van der Waals surface area contributed by atoms with Gasteiger partial charge in [0.2, 0.25) is 5.91 Å². The Hall–Kier alpha value is -3.72. The number of nitrogens with one attached hydrogen (secondary N) is 1. The SMILES string of the molecule is [B]C([B])(Oc1cncc(C(N)=O)c1)c1cccc(NC(=O)c2ccc(CN3CCC(F)(F)CC3)cc2)c1. The average molecular weight is 500 g/mol. The number of piperidine rings is 1. The minimum absolute atomic E-state index is 0.137. The lowest BCUT2D eigenvalue weighted by atomic mass is 9.61. The van der Waals surface area contributed by atoms with Crippen molar-refractivity contribution in [2.24, 2.45) is 5.73 Å². The van der Waals surface area contributed by atoms with Gasteiger partial charge in [-0.3, -0.25) is 19.5 Å². The zero-order valence-corrected chi connectivity index (χ0v) is 20.0. The molecule has 7 nitrogen and oxygen atoms in total. The van der Waals surface area contributed by atoms with Crippen molar-refractivity contribution in [2.75, 3.05) is 18.4 Å². The van der Waals surface area contributed by atoms with Crippen LogP contribution in [0.5, 0.6) is 5.75 Å². The van der Waals surface area contributed by atoms with E-state index in [2.05, 4.69) is 10.3 Å². The molecule has 0 spiro atoms. The second kappa shape index (κ2) is 10.7. The fraction of sp³-hybridized carbons (Fsp3) is 0.269. The van der Waals surface area contributed by atoms with Gasteiger partial charge in [0.25, 0.3) is 11.8 Å². The van der Waals surface area contributed by atoms with Crippen LogP contribution in [0.1, 0.15) is 44.7 Å². The van der Waals surface area contributed by atoms with E-state index in [0.29, 0.717) is 36.4 Å². The van der Waals surface area contributed by atoms with Gasteiger partial charge in [0.15, 0.2) is 0 Å². The van der Waals surface area contributed by atoms with Crippen molar-refractivity contribution in [2.45, 2.75) is 30.7 Å². The van der Waals surface area contributed by atoms with Crippen molar-refractivity contribution in [1.29, 1.82) is 0 Å². The van der Waals surface area contributed by atoms with Crippen LogP contribution < -0.4 is 15.8 Å². The number of ether oxygens (including phenoxy) is 1. The van der Waals surface area contributed by atoms with Crippen molar-refractivity contribution < 1.29 is 23.1 Å². The molecule has 0 atom stereocenters. The third kappa shape index (κ3) is 6.95. The number of hydrogen-bond acceptors (Lipinski definition) is 5. The van der Waals surface area contributed by atoms with E-state index >= 15 is 0 Å². The van der Waals surface area contributed by atoms with Crippen LogP contribution in [-0.2, 0) is 11.9 Å². The van der Waals surface area contributed by atoms with Crippen LogP contribution in [0, 0.1) is 0 Å². The highest BCUT2D eigenvalue weighted by atomic mass is 19.3. The zero-order chi connectivity index (χ0) is 26.6. The van der Waals surface area contributed by atoms with E-state index in [0.717, 1.165) is 5.56 Å². The molecule has 186 valence electrons. The van der Waals surface area contributed by atoms with Crippen molar-refractivity contribution in [3.05, 3.63) is 89.2 Å². The van der Waals surface area contributed by atoms with E-state index < -0.39 is 17.2 Å². The monoisotopic (exact) mass is 500 g/mol. The number of primary amides is 1. The van der Waals surface area contributed by atoms with Crippen LogP contribution in [0.25, 0.3) is 0 Å². The molecule has 0 bridgehead atoms. The lowest BCUT2D eigenvalue weighted by molar-refractivity contribution is -0.0566. The molecule has 2 heterocycles. The second-order valence-electron chi connectivity index (χ2n) is 9.03. The first kappa shape index (κ1) is 26.3. The topological polar surface area (TPSA) is 97.5 Å². The number of pyridine rings is 1.